The number of hydrogen-bond acceptors (Lipinski definition) is 3. The summed E-state index contributed by atoms with van der Waals surface area (Å²) in [6.45, 7) is 3.24. The van der Waals surface area contributed by atoms with Crippen molar-refractivity contribution in [3.05, 3.63) is 60.3 Å². The molecule has 1 aliphatic rings. The molecule has 2 aromatic carbocycles. The van der Waals surface area contributed by atoms with E-state index in [1.807, 2.05) is 18.3 Å². The van der Waals surface area contributed by atoms with Crippen molar-refractivity contribution in [1.82, 2.24) is 9.29 Å². The van der Waals surface area contributed by atoms with Gasteiger partial charge in [-0.1, -0.05) is 18.2 Å². The van der Waals surface area contributed by atoms with Crippen LogP contribution < -0.4 is 9.62 Å². The summed E-state index contributed by atoms with van der Waals surface area (Å²) < 4.78 is 30.1. The molecule has 0 spiro atoms. The molecule has 0 fully saturated rings. The monoisotopic (exact) mass is 397 g/mol. The van der Waals surface area contributed by atoms with E-state index in [0.717, 1.165) is 23.3 Å². The third-order valence-corrected chi connectivity index (χ3v) is 6.64. The zero-order valence-electron chi connectivity index (χ0n) is 15.8. The number of aryl methyl sites for hydroxylation is 1. The lowest BCUT2D eigenvalue weighted by atomic mass is 10.2. The SMILES string of the molecule is CC(=O)N1CCc2cc(S(=O)(=O)NCCCn3ccc4ccccc43)ccc21. The summed E-state index contributed by atoms with van der Waals surface area (Å²) in [6, 6.07) is 15.2. The molecular formula is C21H23N3O3S. The second-order valence-electron chi connectivity index (χ2n) is 7.03. The largest absolute Gasteiger partial charge is 0.347 e. The first kappa shape index (κ1) is 18.7. The predicted molar refractivity (Wildman–Crippen MR) is 110 cm³/mol. The normalized spacial score (nSPS) is 13.8. The molecule has 0 saturated carbocycles. The van der Waals surface area contributed by atoms with Gasteiger partial charge in [-0.25, -0.2) is 13.1 Å². The summed E-state index contributed by atoms with van der Waals surface area (Å²) in [4.78, 5) is 13.6. The average molecular weight is 398 g/mol. The first-order chi connectivity index (χ1) is 13.5. The second kappa shape index (κ2) is 7.41. The number of carbonyl (C=O) groups is 1. The molecule has 0 unspecified atom stereocenters. The van der Waals surface area contributed by atoms with Gasteiger partial charge in [0.25, 0.3) is 0 Å². The van der Waals surface area contributed by atoms with E-state index in [2.05, 4.69) is 27.5 Å². The van der Waals surface area contributed by atoms with E-state index >= 15 is 0 Å². The minimum atomic E-state index is -3.57. The van der Waals surface area contributed by atoms with Crippen LogP contribution in [0.3, 0.4) is 0 Å². The van der Waals surface area contributed by atoms with Gasteiger partial charge in [-0.3, -0.25) is 4.79 Å². The predicted octanol–water partition coefficient (Wildman–Crippen LogP) is 2.92. The maximum absolute atomic E-state index is 12.6. The molecule has 0 atom stereocenters. The number of aromatic nitrogens is 1. The van der Waals surface area contributed by atoms with Crippen LogP contribution in [0.2, 0.25) is 0 Å². The van der Waals surface area contributed by atoms with E-state index in [1.54, 1.807) is 23.1 Å². The summed E-state index contributed by atoms with van der Waals surface area (Å²) in [7, 11) is -3.57. The number of fused-ring (bicyclic) bond motifs is 2. The van der Waals surface area contributed by atoms with Gasteiger partial charge < -0.3 is 9.47 Å². The Morgan fingerprint density at radius 2 is 1.96 bits per heavy atom. The van der Waals surface area contributed by atoms with Gasteiger partial charge in [0.05, 0.1) is 4.90 Å². The van der Waals surface area contributed by atoms with Crippen LogP contribution in [0.5, 0.6) is 0 Å². The third kappa shape index (κ3) is 3.55. The number of nitrogens with one attached hydrogen (secondary N) is 1. The highest BCUT2D eigenvalue weighted by molar-refractivity contribution is 7.89. The van der Waals surface area contributed by atoms with Crippen molar-refractivity contribution in [2.24, 2.45) is 0 Å². The Balaban J connectivity index is 1.39. The Morgan fingerprint density at radius 1 is 1.14 bits per heavy atom. The van der Waals surface area contributed by atoms with Crippen molar-refractivity contribution >= 4 is 32.5 Å². The Bertz CT molecular complexity index is 1130. The highest BCUT2D eigenvalue weighted by Gasteiger charge is 2.24. The first-order valence-corrected chi connectivity index (χ1v) is 10.9. The van der Waals surface area contributed by atoms with Gasteiger partial charge in [0.2, 0.25) is 15.9 Å². The van der Waals surface area contributed by atoms with E-state index in [9.17, 15) is 13.2 Å². The summed E-state index contributed by atoms with van der Waals surface area (Å²) in [5, 5.41) is 1.18. The van der Waals surface area contributed by atoms with Gasteiger partial charge in [0.1, 0.15) is 0 Å². The van der Waals surface area contributed by atoms with Crippen LogP contribution in [0.1, 0.15) is 18.9 Å². The smallest absolute Gasteiger partial charge is 0.240 e. The molecule has 28 heavy (non-hydrogen) atoms. The highest BCUT2D eigenvalue weighted by Crippen LogP contribution is 2.30. The highest BCUT2D eigenvalue weighted by atomic mass is 32.2. The summed E-state index contributed by atoms with van der Waals surface area (Å²) in [5.74, 6) is -0.0231. The van der Waals surface area contributed by atoms with Crippen LogP contribution in [-0.2, 0) is 27.8 Å². The summed E-state index contributed by atoms with van der Waals surface area (Å²) in [5.41, 5.74) is 2.86. The molecule has 1 aliphatic heterocycles. The molecule has 0 bridgehead atoms. The maximum Gasteiger partial charge on any atom is 0.240 e. The molecule has 1 N–H and O–H groups in total. The number of hydrogen-bond donors (Lipinski definition) is 1. The molecule has 0 radical (unpaired) electrons. The zero-order chi connectivity index (χ0) is 19.7. The molecular weight excluding hydrogens is 374 g/mol. The zero-order valence-corrected chi connectivity index (χ0v) is 16.6. The van der Waals surface area contributed by atoms with Crippen LogP contribution in [0.4, 0.5) is 5.69 Å². The standard InChI is InChI=1S/C21H23N3O3S/c1-16(25)24-14-10-18-15-19(7-8-21(18)24)28(26,27)22-11-4-12-23-13-9-17-5-2-3-6-20(17)23/h2-3,5-9,13,15,22H,4,10-12,14H2,1H3. The molecule has 6 nitrogen and oxygen atoms in total. The first-order valence-electron chi connectivity index (χ1n) is 9.40. The van der Waals surface area contributed by atoms with Crippen LogP contribution in [-0.4, -0.2) is 32.0 Å². The third-order valence-electron chi connectivity index (χ3n) is 5.19. The van der Waals surface area contributed by atoms with E-state index in [0.29, 0.717) is 25.9 Å². The number of rotatable bonds is 6. The lowest BCUT2D eigenvalue weighted by molar-refractivity contribution is -0.116. The minimum absolute atomic E-state index is 0.0231. The van der Waals surface area contributed by atoms with Crippen molar-refractivity contribution < 1.29 is 13.2 Å². The van der Waals surface area contributed by atoms with Gasteiger partial charge in [-0.15, -0.1) is 0 Å². The molecule has 0 saturated heterocycles. The summed E-state index contributed by atoms with van der Waals surface area (Å²) >= 11 is 0. The van der Waals surface area contributed by atoms with Crippen molar-refractivity contribution in [3.8, 4) is 0 Å². The van der Waals surface area contributed by atoms with Gasteiger partial charge in [-0.05, 0) is 54.1 Å². The molecule has 7 heteroatoms. The molecule has 146 valence electrons. The number of amides is 1. The Morgan fingerprint density at radius 3 is 2.79 bits per heavy atom. The van der Waals surface area contributed by atoms with E-state index in [1.165, 1.54) is 12.3 Å². The molecule has 1 amide bonds. The van der Waals surface area contributed by atoms with Crippen molar-refractivity contribution in [1.29, 1.82) is 0 Å². The van der Waals surface area contributed by atoms with Gasteiger partial charge >= 0.3 is 0 Å². The summed E-state index contributed by atoms with van der Waals surface area (Å²) in [6.07, 6.45) is 3.40. The van der Waals surface area contributed by atoms with E-state index in [4.69, 9.17) is 0 Å². The second-order valence-corrected chi connectivity index (χ2v) is 8.80. The molecule has 2 heterocycles. The number of benzene rings is 2. The van der Waals surface area contributed by atoms with Gasteiger partial charge in [0, 0.05) is 44.0 Å². The number of para-hydroxylation sites is 1. The Kier molecular flexibility index (Phi) is 4.95. The van der Waals surface area contributed by atoms with Crippen LogP contribution in [0, 0.1) is 0 Å². The van der Waals surface area contributed by atoms with Crippen LogP contribution >= 0.6 is 0 Å². The van der Waals surface area contributed by atoms with E-state index < -0.39 is 10.0 Å². The Labute approximate surface area is 164 Å². The van der Waals surface area contributed by atoms with Crippen molar-refractivity contribution in [2.45, 2.75) is 31.2 Å². The lowest BCUT2D eigenvalue weighted by Crippen LogP contribution is -2.26. The molecule has 1 aromatic heterocycles. The lowest BCUT2D eigenvalue weighted by Gasteiger charge is -2.15. The van der Waals surface area contributed by atoms with Crippen LogP contribution in [0.15, 0.2) is 59.6 Å². The average Bonchev–Trinajstić information content (AvgIpc) is 3.29. The maximum atomic E-state index is 12.6. The number of sulfonamides is 1. The molecule has 3 aromatic rings. The fourth-order valence-corrected chi connectivity index (χ4v) is 4.87. The quantitative estimate of drug-likeness (QED) is 0.650. The number of carbonyl (C=O) groups excluding carboxylic acids is 1. The van der Waals surface area contributed by atoms with E-state index in [-0.39, 0.29) is 10.8 Å². The van der Waals surface area contributed by atoms with Crippen molar-refractivity contribution in [3.63, 3.8) is 0 Å². The Hall–Kier alpha value is -2.64. The number of nitrogens with zero attached hydrogens (tertiary/aromatic N) is 2. The minimum Gasteiger partial charge on any atom is -0.347 e. The van der Waals surface area contributed by atoms with Gasteiger partial charge in [0.15, 0.2) is 0 Å². The fraction of sp³-hybridized carbons (Fsp3) is 0.286. The fourth-order valence-electron chi connectivity index (χ4n) is 3.75. The topological polar surface area (TPSA) is 71.4 Å². The molecule has 4 rings (SSSR count). The van der Waals surface area contributed by atoms with Crippen LogP contribution in [0.25, 0.3) is 10.9 Å². The van der Waals surface area contributed by atoms with Crippen molar-refractivity contribution in [2.75, 3.05) is 18.0 Å². The van der Waals surface area contributed by atoms with Gasteiger partial charge in [-0.2, -0.15) is 0 Å². The molecule has 0 aliphatic carbocycles. The number of anilines is 1.